The first-order valence-corrected chi connectivity index (χ1v) is 6.08. The number of carbonyl (C=O) groups excluding carboxylic acids is 1. The smallest absolute Gasteiger partial charge is 0.234 e. The third kappa shape index (κ3) is 4.19. The first-order chi connectivity index (χ1) is 8.21. The molecule has 0 aliphatic carbocycles. The molecule has 0 bridgehead atoms. The molecule has 5 heteroatoms. The Morgan fingerprint density at radius 1 is 1.47 bits per heavy atom. The van der Waals surface area contributed by atoms with Crippen molar-refractivity contribution >= 4 is 5.91 Å². The molecule has 96 valence electrons. The summed E-state index contributed by atoms with van der Waals surface area (Å²) in [7, 11) is 1.74. The minimum atomic E-state index is -0.0482. The van der Waals surface area contributed by atoms with Gasteiger partial charge < -0.3 is 15.2 Å². The standard InChI is InChI=1S/C12H21N3O2/c1-4-9(5-2)11-6-10(17-15-11)7-14-12(16)8-13-3/h6,9,13H,4-5,7-8H2,1-3H3,(H,14,16). The van der Waals surface area contributed by atoms with E-state index in [1.54, 1.807) is 7.05 Å². The highest BCUT2D eigenvalue weighted by Gasteiger charge is 2.13. The molecular weight excluding hydrogens is 218 g/mol. The molecule has 0 radical (unpaired) electrons. The first-order valence-electron chi connectivity index (χ1n) is 6.08. The number of rotatable bonds is 7. The molecule has 1 heterocycles. The van der Waals surface area contributed by atoms with Crippen LogP contribution in [0, 0.1) is 0 Å². The highest BCUT2D eigenvalue weighted by Crippen LogP contribution is 2.22. The molecule has 1 aromatic heterocycles. The summed E-state index contributed by atoms with van der Waals surface area (Å²) in [6.45, 7) is 4.98. The van der Waals surface area contributed by atoms with Crippen LogP contribution < -0.4 is 10.6 Å². The van der Waals surface area contributed by atoms with Crippen LogP contribution in [0.25, 0.3) is 0 Å². The highest BCUT2D eigenvalue weighted by atomic mass is 16.5. The second-order valence-electron chi connectivity index (χ2n) is 4.04. The van der Waals surface area contributed by atoms with E-state index >= 15 is 0 Å². The van der Waals surface area contributed by atoms with Crippen molar-refractivity contribution < 1.29 is 9.32 Å². The molecule has 2 N–H and O–H groups in total. The number of hydrogen-bond donors (Lipinski definition) is 2. The van der Waals surface area contributed by atoms with E-state index in [2.05, 4.69) is 29.6 Å². The van der Waals surface area contributed by atoms with E-state index in [-0.39, 0.29) is 5.91 Å². The van der Waals surface area contributed by atoms with Crippen LogP contribution >= 0.6 is 0 Å². The predicted molar refractivity (Wildman–Crippen MR) is 65.6 cm³/mol. The van der Waals surface area contributed by atoms with Gasteiger partial charge in [-0.25, -0.2) is 0 Å². The summed E-state index contributed by atoms with van der Waals surface area (Å²) in [5.41, 5.74) is 0.980. The molecule has 0 aromatic carbocycles. The summed E-state index contributed by atoms with van der Waals surface area (Å²) in [6.07, 6.45) is 2.10. The lowest BCUT2D eigenvalue weighted by Gasteiger charge is -2.06. The molecule has 17 heavy (non-hydrogen) atoms. The zero-order valence-electron chi connectivity index (χ0n) is 10.7. The molecule has 1 amide bonds. The number of likely N-dealkylation sites (N-methyl/N-ethyl adjacent to an activating group) is 1. The van der Waals surface area contributed by atoms with E-state index in [1.807, 2.05) is 6.07 Å². The average molecular weight is 239 g/mol. The largest absolute Gasteiger partial charge is 0.359 e. The SMILES string of the molecule is CCC(CC)c1cc(CNC(=O)CNC)on1. The van der Waals surface area contributed by atoms with Gasteiger partial charge in [0.1, 0.15) is 0 Å². The van der Waals surface area contributed by atoms with Gasteiger partial charge in [0.2, 0.25) is 5.91 Å². The van der Waals surface area contributed by atoms with Crippen molar-refractivity contribution in [2.75, 3.05) is 13.6 Å². The fourth-order valence-corrected chi connectivity index (χ4v) is 1.72. The maximum absolute atomic E-state index is 11.2. The summed E-state index contributed by atoms with van der Waals surface area (Å²) in [5, 5.41) is 9.58. The normalized spacial score (nSPS) is 10.8. The van der Waals surface area contributed by atoms with Gasteiger partial charge >= 0.3 is 0 Å². The third-order valence-electron chi connectivity index (χ3n) is 2.78. The maximum Gasteiger partial charge on any atom is 0.234 e. The molecule has 0 aliphatic rings. The van der Waals surface area contributed by atoms with Gasteiger partial charge in [0.15, 0.2) is 5.76 Å². The zero-order chi connectivity index (χ0) is 12.7. The van der Waals surface area contributed by atoms with Gasteiger partial charge in [-0.2, -0.15) is 0 Å². The minimum Gasteiger partial charge on any atom is -0.359 e. The van der Waals surface area contributed by atoms with Gasteiger partial charge in [0.05, 0.1) is 18.8 Å². The minimum absolute atomic E-state index is 0.0482. The van der Waals surface area contributed by atoms with Crippen molar-refractivity contribution in [2.24, 2.45) is 0 Å². The number of nitrogens with one attached hydrogen (secondary N) is 2. The van der Waals surface area contributed by atoms with Crippen LogP contribution in [0.15, 0.2) is 10.6 Å². The van der Waals surface area contributed by atoms with Gasteiger partial charge in [-0.05, 0) is 19.9 Å². The molecule has 0 saturated heterocycles. The Labute approximate surface area is 102 Å². The molecule has 0 saturated carbocycles. The quantitative estimate of drug-likeness (QED) is 0.755. The Bertz CT molecular complexity index is 345. The molecule has 1 rings (SSSR count). The van der Waals surface area contributed by atoms with E-state index in [0.29, 0.717) is 24.8 Å². The lowest BCUT2D eigenvalue weighted by atomic mass is 9.99. The van der Waals surface area contributed by atoms with E-state index in [4.69, 9.17) is 4.52 Å². The lowest BCUT2D eigenvalue weighted by Crippen LogP contribution is -2.31. The van der Waals surface area contributed by atoms with Crippen molar-refractivity contribution in [2.45, 2.75) is 39.2 Å². The summed E-state index contributed by atoms with van der Waals surface area (Å²) in [6, 6.07) is 1.93. The topological polar surface area (TPSA) is 67.2 Å². The molecule has 0 atom stereocenters. The number of hydrogen-bond acceptors (Lipinski definition) is 4. The molecular formula is C12H21N3O2. The number of carbonyl (C=O) groups is 1. The molecule has 0 spiro atoms. The second kappa shape index (κ2) is 7.06. The summed E-state index contributed by atoms with van der Waals surface area (Å²) >= 11 is 0. The van der Waals surface area contributed by atoms with Crippen molar-refractivity contribution in [3.63, 3.8) is 0 Å². The van der Waals surface area contributed by atoms with Gasteiger partial charge in [0.25, 0.3) is 0 Å². The van der Waals surface area contributed by atoms with E-state index < -0.39 is 0 Å². The van der Waals surface area contributed by atoms with Crippen LogP contribution in [0.5, 0.6) is 0 Å². The van der Waals surface area contributed by atoms with Crippen LogP contribution in [0.3, 0.4) is 0 Å². The van der Waals surface area contributed by atoms with E-state index in [1.165, 1.54) is 0 Å². The lowest BCUT2D eigenvalue weighted by molar-refractivity contribution is -0.120. The van der Waals surface area contributed by atoms with Gasteiger partial charge in [-0.15, -0.1) is 0 Å². The number of amides is 1. The number of nitrogens with zero attached hydrogens (tertiary/aromatic N) is 1. The fraction of sp³-hybridized carbons (Fsp3) is 0.667. The van der Waals surface area contributed by atoms with Gasteiger partial charge in [0, 0.05) is 12.0 Å². The molecule has 5 nitrogen and oxygen atoms in total. The van der Waals surface area contributed by atoms with Gasteiger partial charge in [-0.3, -0.25) is 4.79 Å². The Morgan fingerprint density at radius 2 is 2.18 bits per heavy atom. The summed E-state index contributed by atoms with van der Waals surface area (Å²) < 4.78 is 5.19. The molecule has 0 aliphatic heterocycles. The Morgan fingerprint density at radius 3 is 2.76 bits per heavy atom. The Hall–Kier alpha value is -1.36. The van der Waals surface area contributed by atoms with Crippen LogP contribution in [-0.4, -0.2) is 24.7 Å². The molecule has 0 unspecified atom stereocenters. The van der Waals surface area contributed by atoms with Crippen molar-refractivity contribution in [1.29, 1.82) is 0 Å². The maximum atomic E-state index is 11.2. The predicted octanol–water partition coefficient (Wildman–Crippen LogP) is 1.41. The van der Waals surface area contributed by atoms with Crippen LogP contribution in [0.4, 0.5) is 0 Å². The second-order valence-corrected chi connectivity index (χ2v) is 4.04. The van der Waals surface area contributed by atoms with Crippen LogP contribution in [-0.2, 0) is 11.3 Å². The highest BCUT2D eigenvalue weighted by molar-refractivity contribution is 5.77. The third-order valence-corrected chi connectivity index (χ3v) is 2.78. The first kappa shape index (κ1) is 13.7. The molecule has 1 aromatic rings. The van der Waals surface area contributed by atoms with E-state index in [0.717, 1.165) is 18.5 Å². The Kier molecular flexibility index (Phi) is 5.69. The Balaban J connectivity index is 2.48. The average Bonchev–Trinajstić information content (AvgIpc) is 2.77. The van der Waals surface area contributed by atoms with Gasteiger partial charge in [-0.1, -0.05) is 19.0 Å². The van der Waals surface area contributed by atoms with Crippen LogP contribution in [0.2, 0.25) is 0 Å². The summed E-state index contributed by atoms with van der Waals surface area (Å²) in [4.78, 5) is 11.2. The van der Waals surface area contributed by atoms with Crippen LogP contribution in [0.1, 0.15) is 44.1 Å². The zero-order valence-corrected chi connectivity index (χ0v) is 10.7. The van der Waals surface area contributed by atoms with Crippen molar-refractivity contribution in [3.05, 3.63) is 17.5 Å². The molecule has 0 fully saturated rings. The number of aromatic nitrogens is 1. The van der Waals surface area contributed by atoms with E-state index in [9.17, 15) is 4.79 Å². The fourth-order valence-electron chi connectivity index (χ4n) is 1.72. The van der Waals surface area contributed by atoms with Crippen molar-refractivity contribution in [3.8, 4) is 0 Å². The monoisotopic (exact) mass is 239 g/mol. The van der Waals surface area contributed by atoms with Crippen molar-refractivity contribution in [1.82, 2.24) is 15.8 Å². The summed E-state index contributed by atoms with van der Waals surface area (Å²) in [5.74, 6) is 1.10.